The van der Waals surface area contributed by atoms with Crippen molar-refractivity contribution < 1.29 is 19.0 Å². The Balaban J connectivity index is 1.73. The lowest BCUT2D eigenvalue weighted by atomic mass is 9.99. The highest BCUT2D eigenvalue weighted by Crippen LogP contribution is 2.28. The van der Waals surface area contributed by atoms with Gasteiger partial charge in [0.1, 0.15) is 5.75 Å². The number of benzene rings is 3. The number of nitrogens with zero attached hydrogens (tertiary/aromatic N) is 1. The zero-order valence-corrected chi connectivity index (χ0v) is 18.6. The van der Waals surface area contributed by atoms with Gasteiger partial charge in [-0.05, 0) is 54.6 Å². The lowest BCUT2D eigenvalue weighted by Gasteiger charge is -2.15. The molecule has 1 aliphatic rings. The number of hydrogen-bond donors (Lipinski definition) is 2. The van der Waals surface area contributed by atoms with Crippen LogP contribution in [0.25, 0.3) is 0 Å². The van der Waals surface area contributed by atoms with Gasteiger partial charge >= 0.3 is 5.91 Å². The molecule has 0 aliphatic carbocycles. The van der Waals surface area contributed by atoms with Crippen LogP contribution in [0.1, 0.15) is 27.5 Å². The molecule has 32 heavy (non-hydrogen) atoms. The molecule has 3 aromatic carbocycles. The Labute approximate surface area is 195 Å². The number of carbonyl (C=O) groups excluding carboxylic acids is 2. The number of hydrazone groups is 1. The van der Waals surface area contributed by atoms with Crippen molar-refractivity contribution in [3.63, 3.8) is 0 Å². The van der Waals surface area contributed by atoms with Gasteiger partial charge < -0.3 is 10.1 Å². The van der Waals surface area contributed by atoms with Crippen LogP contribution in [0.15, 0.2) is 72.8 Å². The fourth-order valence-electron chi connectivity index (χ4n) is 3.55. The van der Waals surface area contributed by atoms with E-state index in [1.165, 1.54) is 0 Å². The Morgan fingerprint density at radius 2 is 1.78 bits per heavy atom. The first kappa shape index (κ1) is 21.9. The van der Waals surface area contributed by atoms with Crippen LogP contribution in [0.3, 0.4) is 0 Å². The first-order valence-electron chi connectivity index (χ1n) is 9.85. The molecule has 0 saturated carbocycles. The summed E-state index contributed by atoms with van der Waals surface area (Å²) in [4.78, 5) is 25.7. The predicted molar refractivity (Wildman–Crippen MR) is 123 cm³/mol. The van der Waals surface area contributed by atoms with Crippen molar-refractivity contribution in [1.82, 2.24) is 10.7 Å². The van der Waals surface area contributed by atoms with E-state index in [0.717, 1.165) is 5.56 Å². The maximum Gasteiger partial charge on any atom is 0.304 e. The fourth-order valence-corrected chi connectivity index (χ4v) is 4.01. The van der Waals surface area contributed by atoms with E-state index < -0.39 is 12.1 Å². The number of rotatable bonds is 5. The largest absolute Gasteiger partial charge is 0.497 e. The molecular formula is C24H20Cl2N3O3+. The molecule has 0 radical (unpaired) electrons. The van der Waals surface area contributed by atoms with E-state index in [1.807, 2.05) is 30.3 Å². The molecule has 0 aromatic heterocycles. The molecule has 162 valence electrons. The van der Waals surface area contributed by atoms with Crippen LogP contribution >= 0.6 is 23.2 Å². The number of carbonyl (C=O) groups is 2. The molecule has 0 unspecified atom stereocenters. The number of hydrogen-bond acceptors (Lipinski definition) is 3. The van der Waals surface area contributed by atoms with E-state index in [2.05, 4.69) is 10.7 Å². The molecule has 3 aromatic rings. The molecule has 0 spiro atoms. The van der Waals surface area contributed by atoms with E-state index in [1.54, 1.807) is 60.5 Å². The monoisotopic (exact) mass is 468 g/mol. The highest BCUT2D eigenvalue weighted by Gasteiger charge is 2.47. The lowest BCUT2D eigenvalue weighted by molar-refractivity contribution is -0.596. The number of nitrogens with one attached hydrogen (secondary N) is 2. The second-order valence-electron chi connectivity index (χ2n) is 7.21. The molecule has 0 bridgehead atoms. The summed E-state index contributed by atoms with van der Waals surface area (Å²) >= 11 is 12.3. The molecular weight excluding hydrogens is 449 g/mol. The Bertz CT molecular complexity index is 1180. The highest BCUT2D eigenvalue weighted by atomic mass is 35.5. The normalized spacial score (nSPS) is 19.0. The standard InChI is InChI=1S/C24H19Cl2N3O3/c1-32-19-11-8-15(9-12-19)22-21(27-23(30)16-5-3-2-4-6-16)24(31)28-29(22)14-17-7-10-18(25)13-20(17)26/h2-14,21-22H,1H3,(H-,27,28,30,31)/p+1/b29-14-/t21-,22-/m0/s1. The zero-order chi connectivity index (χ0) is 22.7. The van der Waals surface area contributed by atoms with Crippen molar-refractivity contribution in [2.75, 3.05) is 7.11 Å². The summed E-state index contributed by atoms with van der Waals surface area (Å²) in [5, 5.41) is 3.82. The summed E-state index contributed by atoms with van der Waals surface area (Å²) in [5.41, 5.74) is 4.78. The number of amides is 2. The number of halogens is 2. The highest BCUT2D eigenvalue weighted by molar-refractivity contribution is 6.36. The maximum atomic E-state index is 12.9. The van der Waals surface area contributed by atoms with E-state index in [4.69, 9.17) is 27.9 Å². The number of ether oxygens (including phenoxy) is 1. The van der Waals surface area contributed by atoms with Crippen LogP contribution < -0.4 is 15.5 Å². The molecule has 1 heterocycles. The summed E-state index contributed by atoms with van der Waals surface area (Å²) < 4.78 is 6.90. The van der Waals surface area contributed by atoms with Crippen LogP contribution in [-0.4, -0.2) is 35.9 Å². The SMILES string of the molecule is COc1ccc([C@H]2[C@H](NC(=O)c3ccccc3)C(=O)N/[N+]2=C\c2ccc(Cl)cc2Cl)cc1. The smallest absolute Gasteiger partial charge is 0.304 e. The third kappa shape index (κ3) is 4.61. The second-order valence-corrected chi connectivity index (χ2v) is 8.06. The van der Waals surface area contributed by atoms with Gasteiger partial charge in [0.05, 0.1) is 17.7 Å². The van der Waals surface area contributed by atoms with Gasteiger partial charge in [-0.3, -0.25) is 9.59 Å². The average Bonchev–Trinajstić information content (AvgIpc) is 3.10. The summed E-state index contributed by atoms with van der Waals surface area (Å²) in [5.74, 6) is 0.0132. The van der Waals surface area contributed by atoms with Crippen molar-refractivity contribution in [2.24, 2.45) is 0 Å². The van der Waals surface area contributed by atoms with Crippen LogP contribution in [0.5, 0.6) is 5.75 Å². The van der Waals surface area contributed by atoms with Crippen LogP contribution in [0, 0.1) is 0 Å². The molecule has 4 rings (SSSR count). The minimum absolute atomic E-state index is 0.337. The van der Waals surface area contributed by atoms with E-state index in [9.17, 15) is 9.59 Å². The van der Waals surface area contributed by atoms with E-state index >= 15 is 0 Å². The Kier molecular flexibility index (Phi) is 6.44. The van der Waals surface area contributed by atoms with Gasteiger partial charge in [0.25, 0.3) is 5.91 Å². The van der Waals surface area contributed by atoms with Gasteiger partial charge in [0.2, 0.25) is 12.3 Å². The van der Waals surface area contributed by atoms with Crippen molar-refractivity contribution in [3.8, 4) is 5.75 Å². The number of methoxy groups -OCH3 is 1. The second kappa shape index (κ2) is 9.42. The Morgan fingerprint density at radius 1 is 1.06 bits per heavy atom. The van der Waals surface area contributed by atoms with Crippen molar-refractivity contribution >= 4 is 41.2 Å². The maximum absolute atomic E-state index is 12.9. The molecule has 1 aliphatic heterocycles. The van der Waals surface area contributed by atoms with Crippen LogP contribution in [0.2, 0.25) is 10.0 Å². The van der Waals surface area contributed by atoms with Crippen LogP contribution in [-0.2, 0) is 4.79 Å². The summed E-state index contributed by atoms with van der Waals surface area (Å²) in [6.07, 6.45) is 1.72. The fraction of sp³-hybridized carbons (Fsp3) is 0.125. The van der Waals surface area contributed by atoms with Crippen molar-refractivity contribution in [1.29, 1.82) is 0 Å². The third-order valence-corrected chi connectivity index (χ3v) is 5.72. The topological polar surface area (TPSA) is 70.4 Å². The molecule has 1 fully saturated rings. The molecule has 8 heteroatoms. The lowest BCUT2D eigenvalue weighted by Crippen LogP contribution is -2.42. The summed E-state index contributed by atoms with van der Waals surface area (Å²) in [7, 11) is 1.58. The first-order chi connectivity index (χ1) is 15.5. The molecule has 2 N–H and O–H groups in total. The minimum atomic E-state index is -0.835. The van der Waals surface area contributed by atoms with Crippen molar-refractivity contribution in [3.05, 3.63) is 99.5 Å². The summed E-state index contributed by atoms with van der Waals surface area (Å²) in [6.45, 7) is 0. The third-order valence-electron chi connectivity index (χ3n) is 5.16. The van der Waals surface area contributed by atoms with Gasteiger partial charge in [-0.25, -0.2) is 0 Å². The van der Waals surface area contributed by atoms with Crippen LogP contribution in [0.4, 0.5) is 0 Å². The molecule has 6 nitrogen and oxygen atoms in total. The molecule has 2 atom stereocenters. The van der Waals surface area contributed by atoms with Gasteiger partial charge in [0, 0.05) is 16.1 Å². The zero-order valence-electron chi connectivity index (χ0n) is 17.1. The van der Waals surface area contributed by atoms with E-state index in [-0.39, 0.29) is 11.8 Å². The van der Waals surface area contributed by atoms with E-state index in [0.29, 0.717) is 26.9 Å². The van der Waals surface area contributed by atoms with Gasteiger partial charge in [-0.15, -0.1) is 10.1 Å². The average molecular weight is 469 g/mol. The minimum Gasteiger partial charge on any atom is -0.497 e. The van der Waals surface area contributed by atoms with Gasteiger partial charge in [-0.1, -0.05) is 41.4 Å². The Hall–Kier alpha value is -3.35. The number of hydrazine groups is 1. The van der Waals surface area contributed by atoms with Crippen molar-refractivity contribution in [2.45, 2.75) is 12.1 Å². The quantitative estimate of drug-likeness (QED) is 0.555. The molecule has 1 saturated heterocycles. The molecule has 2 amide bonds. The van der Waals surface area contributed by atoms with Gasteiger partial charge in [-0.2, -0.15) is 0 Å². The Morgan fingerprint density at radius 3 is 2.44 bits per heavy atom. The van der Waals surface area contributed by atoms with Gasteiger partial charge in [0.15, 0.2) is 6.04 Å². The summed E-state index contributed by atoms with van der Waals surface area (Å²) in [6, 6.07) is 19.8. The predicted octanol–water partition coefficient (Wildman–Crippen LogP) is 4.02. The first-order valence-corrected chi connectivity index (χ1v) is 10.6.